The van der Waals surface area contributed by atoms with Gasteiger partial charge in [0, 0.05) is 17.0 Å². The first-order chi connectivity index (χ1) is 10.7. The van der Waals surface area contributed by atoms with Crippen LogP contribution in [0.1, 0.15) is 38.8 Å². The van der Waals surface area contributed by atoms with Crippen LogP contribution >= 0.6 is 0 Å². The van der Waals surface area contributed by atoms with Crippen LogP contribution in [0.4, 0.5) is 0 Å². The molecule has 0 aliphatic rings. The fraction of sp³-hybridized carbons (Fsp3) is 0.444. The number of hydrogen-bond acceptors (Lipinski definition) is 5. The molecule has 0 N–H and O–H groups in total. The van der Waals surface area contributed by atoms with Crippen LogP contribution in [-0.4, -0.2) is 18.2 Å². The van der Waals surface area contributed by atoms with E-state index in [1.807, 2.05) is 13.0 Å². The van der Waals surface area contributed by atoms with E-state index in [9.17, 15) is 9.59 Å². The van der Waals surface area contributed by atoms with Crippen LogP contribution in [0.2, 0.25) is 0 Å². The number of benzene rings is 1. The SMILES string of the molecule is CCc1cc(=O)oc2c(C)c(OCC(=O)OC(C)(C)C)ccc12. The van der Waals surface area contributed by atoms with Gasteiger partial charge in [-0.3, -0.25) is 0 Å². The molecular formula is C18H22O5. The van der Waals surface area contributed by atoms with Gasteiger partial charge in [0.25, 0.3) is 0 Å². The van der Waals surface area contributed by atoms with Crippen LogP contribution in [0.25, 0.3) is 11.0 Å². The lowest BCUT2D eigenvalue weighted by molar-refractivity contribution is -0.157. The zero-order valence-corrected chi connectivity index (χ0v) is 14.2. The Morgan fingerprint density at radius 2 is 1.96 bits per heavy atom. The second-order valence-electron chi connectivity index (χ2n) is 6.38. The van der Waals surface area contributed by atoms with Gasteiger partial charge in [-0.15, -0.1) is 0 Å². The number of esters is 1. The smallest absolute Gasteiger partial charge is 0.344 e. The van der Waals surface area contributed by atoms with Gasteiger partial charge in [0.1, 0.15) is 16.9 Å². The standard InChI is InChI=1S/C18H22O5/c1-6-12-9-15(19)22-17-11(2)14(8-7-13(12)17)21-10-16(20)23-18(3,4)5/h7-9H,6,10H2,1-5H3. The molecule has 0 radical (unpaired) electrons. The largest absolute Gasteiger partial charge is 0.481 e. The van der Waals surface area contributed by atoms with Crippen molar-refractivity contribution in [3.8, 4) is 5.75 Å². The molecule has 2 aromatic rings. The average Bonchev–Trinajstić information content (AvgIpc) is 2.44. The zero-order chi connectivity index (χ0) is 17.2. The molecule has 0 saturated carbocycles. The van der Waals surface area contributed by atoms with Crippen molar-refractivity contribution >= 4 is 16.9 Å². The topological polar surface area (TPSA) is 65.7 Å². The minimum Gasteiger partial charge on any atom is -0.481 e. The van der Waals surface area contributed by atoms with E-state index in [0.717, 1.165) is 17.4 Å². The van der Waals surface area contributed by atoms with E-state index in [1.54, 1.807) is 33.8 Å². The first-order valence-electron chi connectivity index (χ1n) is 7.62. The number of aryl methyl sites for hydroxylation is 2. The van der Waals surface area contributed by atoms with E-state index in [2.05, 4.69) is 0 Å². The molecule has 2 rings (SSSR count). The van der Waals surface area contributed by atoms with Crippen molar-refractivity contribution in [1.82, 2.24) is 0 Å². The summed E-state index contributed by atoms with van der Waals surface area (Å²) >= 11 is 0. The lowest BCUT2D eigenvalue weighted by atomic mass is 10.0. The van der Waals surface area contributed by atoms with Crippen LogP contribution in [0, 0.1) is 6.92 Å². The van der Waals surface area contributed by atoms with Crippen molar-refractivity contribution in [3.05, 3.63) is 39.7 Å². The summed E-state index contributed by atoms with van der Waals surface area (Å²) in [5.41, 5.74) is 1.18. The summed E-state index contributed by atoms with van der Waals surface area (Å²) in [7, 11) is 0. The molecular weight excluding hydrogens is 296 g/mol. The Balaban J connectivity index is 2.28. The van der Waals surface area contributed by atoms with Gasteiger partial charge in [-0.2, -0.15) is 0 Å². The Morgan fingerprint density at radius 1 is 1.26 bits per heavy atom. The Hall–Kier alpha value is -2.30. The lowest BCUT2D eigenvalue weighted by Gasteiger charge is -2.19. The maximum Gasteiger partial charge on any atom is 0.344 e. The number of rotatable bonds is 4. The minimum absolute atomic E-state index is 0.193. The van der Waals surface area contributed by atoms with Gasteiger partial charge in [0.15, 0.2) is 6.61 Å². The highest BCUT2D eigenvalue weighted by Gasteiger charge is 2.17. The number of hydrogen-bond donors (Lipinski definition) is 0. The van der Waals surface area contributed by atoms with Gasteiger partial charge in [-0.05, 0) is 51.8 Å². The summed E-state index contributed by atoms with van der Waals surface area (Å²) in [5.74, 6) is 0.0560. The highest BCUT2D eigenvalue weighted by Crippen LogP contribution is 2.28. The predicted molar refractivity (Wildman–Crippen MR) is 87.9 cm³/mol. The lowest BCUT2D eigenvalue weighted by Crippen LogP contribution is -2.27. The zero-order valence-electron chi connectivity index (χ0n) is 14.2. The first-order valence-corrected chi connectivity index (χ1v) is 7.62. The predicted octanol–water partition coefficient (Wildman–Crippen LogP) is 3.38. The fourth-order valence-electron chi connectivity index (χ4n) is 2.36. The highest BCUT2D eigenvalue weighted by atomic mass is 16.6. The van der Waals surface area contributed by atoms with Crippen LogP contribution in [0.15, 0.2) is 27.4 Å². The molecule has 0 atom stereocenters. The summed E-state index contributed by atoms with van der Waals surface area (Å²) in [6.45, 7) is 8.99. The number of carbonyl (C=O) groups excluding carboxylic acids is 1. The van der Waals surface area contributed by atoms with Gasteiger partial charge in [-0.1, -0.05) is 6.92 Å². The van der Waals surface area contributed by atoms with E-state index < -0.39 is 11.6 Å². The normalized spacial score (nSPS) is 11.5. The number of ether oxygens (including phenoxy) is 2. The van der Waals surface area contributed by atoms with Crippen LogP contribution in [0.3, 0.4) is 0 Å². The number of fused-ring (bicyclic) bond motifs is 1. The summed E-state index contributed by atoms with van der Waals surface area (Å²) in [6.07, 6.45) is 0.736. The quantitative estimate of drug-likeness (QED) is 0.638. The average molecular weight is 318 g/mol. The van der Waals surface area contributed by atoms with Crippen molar-refractivity contribution in [2.75, 3.05) is 6.61 Å². The summed E-state index contributed by atoms with van der Waals surface area (Å²) in [4.78, 5) is 23.4. The molecule has 23 heavy (non-hydrogen) atoms. The minimum atomic E-state index is -0.554. The third kappa shape index (κ3) is 4.12. The highest BCUT2D eigenvalue weighted by molar-refractivity contribution is 5.85. The second kappa shape index (κ2) is 6.44. The monoisotopic (exact) mass is 318 g/mol. The summed E-state index contributed by atoms with van der Waals surface area (Å²) in [5, 5.41) is 0.884. The molecule has 0 spiro atoms. The van der Waals surface area contributed by atoms with Gasteiger partial charge >= 0.3 is 11.6 Å². The van der Waals surface area contributed by atoms with Crippen LogP contribution in [-0.2, 0) is 16.0 Å². The molecule has 0 amide bonds. The maximum absolute atomic E-state index is 11.7. The van der Waals surface area contributed by atoms with Crippen molar-refractivity contribution < 1.29 is 18.7 Å². The van der Waals surface area contributed by atoms with E-state index in [4.69, 9.17) is 13.9 Å². The first kappa shape index (κ1) is 17.1. The van der Waals surface area contributed by atoms with E-state index >= 15 is 0 Å². The van der Waals surface area contributed by atoms with Crippen LogP contribution < -0.4 is 10.4 Å². The molecule has 1 aromatic heterocycles. The molecule has 124 valence electrons. The van der Waals surface area contributed by atoms with Gasteiger partial charge < -0.3 is 13.9 Å². The van der Waals surface area contributed by atoms with Crippen molar-refractivity contribution in [2.24, 2.45) is 0 Å². The molecule has 1 aromatic carbocycles. The Kier molecular flexibility index (Phi) is 4.78. The van der Waals surface area contributed by atoms with E-state index in [0.29, 0.717) is 16.9 Å². The molecule has 0 fully saturated rings. The molecule has 0 saturated heterocycles. The van der Waals surface area contributed by atoms with Crippen molar-refractivity contribution in [2.45, 2.75) is 46.6 Å². The van der Waals surface area contributed by atoms with Crippen molar-refractivity contribution in [3.63, 3.8) is 0 Å². The molecule has 5 nitrogen and oxygen atoms in total. The molecule has 0 bridgehead atoms. The van der Waals surface area contributed by atoms with Crippen molar-refractivity contribution in [1.29, 1.82) is 0 Å². The molecule has 0 aliphatic heterocycles. The van der Waals surface area contributed by atoms with Gasteiger partial charge in [0.05, 0.1) is 0 Å². The maximum atomic E-state index is 11.7. The van der Waals surface area contributed by atoms with Gasteiger partial charge in [-0.25, -0.2) is 9.59 Å². The Morgan fingerprint density at radius 3 is 2.57 bits per heavy atom. The fourth-order valence-corrected chi connectivity index (χ4v) is 2.36. The number of carbonyl (C=O) groups is 1. The summed E-state index contributed by atoms with van der Waals surface area (Å²) in [6, 6.07) is 5.12. The second-order valence-corrected chi connectivity index (χ2v) is 6.38. The van der Waals surface area contributed by atoms with Gasteiger partial charge in [0.2, 0.25) is 0 Å². The van der Waals surface area contributed by atoms with Crippen LogP contribution in [0.5, 0.6) is 5.75 Å². The molecule has 0 unspecified atom stereocenters. The molecule has 1 heterocycles. The molecule has 0 aliphatic carbocycles. The Bertz CT molecular complexity index is 780. The van der Waals surface area contributed by atoms with E-state index in [1.165, 1.54) is 6.07 Å². The summed E-state index contributed by atoms with van der Waals surface area (Å²) < 4.78 is 16.0. The third-order valence-corrected chi connectivity index (χ3v) is 3.34. The third-order valence-electron chi connectivity index (χ3n) is 3.34. The van der Waals surface area contributed by atoms with E-state index in [-0.39, 0.29) is 12.2 Å². The molecule has 5 heteroatoms. The Labute approximate surface area is 135 Å².